The van der Waals surface area contributed by atoms with Crippen molar-refractivity contribution in [2.24, 2.45) is 0 Å². The van der Waals surface area contributed by atoms with Crippen LogP contribution >= 0.6 is 0 Å². The van der Waals surface area contributed by atoms with E-state index in [0.29, 0.717) is 23.3 Å². The minimum Gasteiger partial charge on any atom is -0.454 e. The van der Waals surface area contributed by atoms with Gasteiger partial charge in [-0.05, 0) is 30.3 Å². The Kier molecular flexibility index (Phi) is 3.38. The number of nitrogens with one attached hydrogen (secondary N) is 2. The molecule has 0 saturated carbocycles. The Labute approximate surface area is 148 Å². The normalized spacial score (nSPS) is 13.5. The lowest BCUT2D eigenvalue weighted by molar-refractivity contribution is 0.173. The number of fused-ring (bicyclic) bond motifs is 2. The first kappa shape index (κ1) is 14.6. The van der Waals surface area contributed by atoms with E-state index >= 15 is 0 Å². The Hall–Kier alpha value is -3.68. The second kappa shape index (κ2) is 5.99. The van der Waals surface area contributed by atoms with Crippen LogP contribution in [0.5, 0.6) is 23.0 Å². The van der Waals surface area contributed by atoms with Gasteiger partial charge in [0.1, 0.15) is 5.82 Å². The zero-order valence-electron chi connectivity index (χ0n) is 13.6. The van der Waals surface area contributed by atoms with Gasteiger partial charge in [0.25, 0.3) is 0 Å². The molecule has 0 fully saturated rings. The third-order valence-corrected chi connectivity index (χ3v) is 3.93. The van der Waals surface area contributed by atoms with E-state index in [1.54, 1.807) is 12.3 Å². The molecule has 8 heteroatoms. The summed E-state index contributed by atoms with van der Waals surface area (Å²) >= 11 is 0. The molecular formula is C18H14N4O4. The van der Waals surface area contributed by atoms with Crippen molar-refractivity contribution in [1.82, 2.24) is 9.97 Å². The van der Waals surface area contributed by atoms with Gasteiger partial charge in [-0.1, -0.05) is 0 Å². The predicted octanol–water partition coefficient (Wildman–Crippen LogP) is 3.42. The minimum absolute atomic E-state index is 0.240. The van der Waals surface area contributed by atoms with Crippen molar-refractivity contribution < 1.29 is 18.9 Å². The summed E-state index contributed by atoms with van der Waals surface area (Å²) in [6, 6.07) is 13.0. The number of hydrogen-bond donors (Lipinski definition) is 2. The average molecular weight is 350 g/mol. The van der Waals surface area contributed by atoms with E-state index in [4.69, 9.17) is 18.9 Å². The van der Waals surface area contributed by atoms with Crippen LogP contribution in [-0.2, 0) is 0 Å². The second-order valence-corrected chi connectivity index (χ2v) is 5.65. The van der Waals surface area contributed by atoms with Crippen LogP contribution in [0.4, 0.5) is 23.1 Å². The van der Waals surface area contributed by atoms with Gasteiger partial charge in [0, 0.05) is 29.7 Å². The number of hydrogen-bond acceptors (Lipinski definition) is 8. The van der Waals surface area contributed by atoms with Crippen LogP contribution < -0.4 is 29.6 Å². The summed E-state index contributed by atoms with van der Waals surface area (Å²) in [7, 11) is 0. The molecule has 0 spiro atoms. The van der Waals surface area contributed by atoms with E-state index < -0.39 is 0 Å². The largest absolute Gasteiger partial charge is 0.454 e. The van der Waals surface area contributed by atoms with Crippen molar-refractivity contribution in [3.05, 3.63) is 48.7 Å². The molecule has 1 aromatic heterocycles. The van der Waals surface area contributed by atoms with Crippen molar-refractivity contribution in [2.45, 2.75) is 0 Å². The van der Waals surface area contributed by atoms with Gasteiger partial charge in [-0.15, -0.1) is 0 Å². The standard InChI is InChI=1S/C18H14N4O4/c1-3-13-15(25-9-23-13)7-11(1)20-17-5-6-19-18(22-17)21-12-2-4-14-16(8-12)26-10-24-14/h1-8H,9-10H2,(H2,19,20,21,22). The molecule has 0 radical (unpaired) electrons. The molecule has 8 nitrogen and oxygen atoms in total. The molecule has 0 amide bonds. The molecular weight excluding hydrogens is 336 g/mol. The van der Waals surface area contributed by atoms with E-state index in [-0.39, 0.29) is 13.6 Å². The zero-order valence-corrected chi connectivity index (χ0v) is 13.6. The highest BCUT2D eigenvalue weighted by atomic mass is 16.7. The van der Waals surface area contributed by atoms with Gasteiger partial charge in [-0.25, -0.2) is 4.98 Å². The number of ether oxygens (including phenoxy) is 4. The lowest BCUT2D eigenvalue weighted by atomic mass is 10.3. The maximum atomic E-state index is 5.39. The molecule has 5 rings (SSSR count). The highest BCUT2D eigenvalue weighted by molar-refractivity contribution is 5.64. The molecule has 3 aromatic rings. The molecule has 26 heavy (non-hydrogen) atoms. The maximum Gasteiger partial charge on any atom is 0.231 e. The van der Waals surface area contributed by atoms with Crippen molar-refractivity contribution in [1.29, 1.82) is 0 Å². The molecule has 0 atom stereocenters. The number of nitrogens with zero attached hydrogens (tertiary/aromatic N) is 2. The Morgan fingerprint density at radius 1 is 0.692 bits per heavy atom. The molecule has 0 bridgehead atoms. The Bertz CT molecular complexity index is 904. The quantitative estimate of drug-likeness (QED) is 0.740. The Morgan fingerprint density at radius 3 is 2.00 bits per heavy atom. The van der Waals surface area contributed by atoms with E-state index in [1.807, 2.05) is 36.4 Å². The fraction of sp³-hybridized carbons (Fsp3) is 0.111. The van der Waals surface area contributed by atoms with Gasteiger partial charge >= 0.3 is 0 Å². The van der Waals surface area contributed by atoms with Gasteiger partial charge in [-0.3, -0.25) is 0 Å². The summed E-state index contributed by atoms with van der Waals surface area (Å²) in [6.07, 6.45) is 1.68. The monoisotopic (exact) mass is 350 g/mol. The van der Waals surface area contributed by atoms with Gasteiger partial charge in [0.2, 0.25) is 19.5 Å². The molecule has 0 saturated heterocycles. The van der Waals surface area contributed by atoms with Gasteiger partial charge in [-0.2, -0.15) is 4.98 Å². The Balaban J connectivity index is 1.34. The minimum atomic E-state index is 0.240. The van der Waals surface area contributed by atoms with Crippen LogP contribution in [-0.4, -0.2) is 23.6 Å². The van der Waals surface area contributed by atoms with Gasteiger partial charge < -0.3 is 29.6 Å². The summed E-state index contributed by atoms with van der Waals surface area (Å²) in [5.74, 6) is 4.00. The fourth-order valence-electron chi connectivity index (χ4n) is 2.71. The van der Waals surface area contributed by atoms with Crippen molar-refractivity contribution in [3.8, 4) is 23.0 Å². The molecule has 0 aliphatic carbocycles. The topological polar surface area (TPSA) is 86.8 Å². The third-order valence-electron chi connectivity index (χ3n) is 3.93. The van der Waals surface area contributed by atoms with Crippen molar-refractivity contribution in [3.63, 3.8) is 0 Å². The van der Waals surface area contributed by atoms with E-state index in [0.717, 1.165) is 22.9 Å². The van der Waals surface area contributed by atoms with Crippen molar-refractivity contribution >= 4 is 23.1 Å². The first-order valence-corrected chi connectivity index (χ1v) is 8.00. The van der Waals surface area contributed by atoms with E-state index in [1.165, 1.54) is 0 Å². The van der Waals surface area contributed by atoms with Crippen LogP contribution in [0, 0.1) is 0 Å². The van der Waals surface area contributed by atoms with E-state index in [2.05, 4.69) is 20.6 Å². The van der Waals surface area contributed by atoms with Crippen LogP contribution in [0.3, 0.4) is 0 Å². The molecule has 3 heterocycles. The summed E-state index contributed by atoms with van der Waals surface area (Å²) in [5.41, 5.74) is 1.66. The first-order chi connectivity index (χ1) is 12.8. The van der Waals surface area contributed by atoms with Crippen LogP contribution in [0.1, 0.15) is 0 Å². The van der Waals surface area contributed by atoms with Crippen LogP contribution in [0.25, 0.3) is 0 Å². The average Bonchev–Trinajstić information content (AvgIpc) is 3.30. The molecule has 130 valence electrons. The zero-order chi connectivity index (χ0) is 17.3. The lowest BCUT2D eigenvalue weighted by Crippen LogP contribution is -2.00. The highest BCUT2D eigenvalue weighted by Gasteiger charge is 2.15. The van der Waals surface area contributed by atoms with Gasteiger partial charge in [0.05, 0.1) is 0 Å². The molecule has 2 aromatic carbocycles. The molecule has 2 N–H and O–H groups in total. The second-order valence-electron chi connectivity index (χ2n) is 5.65. The number of rotatable bonds is 4. The fourth-order valence-corrected chi connectivity index (χ4v) is 2.71. The Morgan fingerprint density at radius 2 is 1.31 bits per heavy atom. The summed E-state index contributed by atoms with van der Waals surface area (Å²) in [5, 5.41) is 6.39. The molecule has 0 unspecified atom stereocenters. The van der Waals surface area contributed by atoms with Crippen LogP contribution in [0.15, 0.2) is 48.7 Å². The first-order valence-electron chi connectivity index (χ1n) is 8.00. The SMILES string of the molecule is c1cc(Nc2ccc3c(c2)OCO3)nc(Nc2ccc3c(c2)OCO3)n1. The van der Waals surface area contributed by atoms with Gasteiger partial charge in [0.15, 0.2) is 23.0 Å². The third kappa shape index (κ3) is 2.77. The summed E-state index contributed by atoms with van der Waals surface area (Å²) in [4.78, 5) is 8.72. The lowest BCUT2D eigenvalue weighted by Gasteiger charge is -2.09. The van der Waals surface area contributed by atoms with E-state index in [9.17, 15) is 0 Å². The van der Waals surface area contributed by atoms with Crippen LogP contribution in [0.2, 0.25) is 0 Å². The highest BCUT2D eigenvalue weighted by Crippen LogP contribution is 2.36. The molecule has 2 aliphatic heterocycles. The number of aromatic nitrogens is 2. The number of benzene rings is 2. The smallest absolute Gasteiger partial charge is 0.231 e. The summed E-state index contributed by atoms with van der Waals surface area (Å²) < 4.78 is 21.4. The maximum absolute atomic E-state index is 5.39. The van der Waals surface area contributed by atoms with Crippen molar-refractivity contribution in [2.75, 3.05) is 24.2 Å². The molecule has 2 aliphatic rings. The predicted molar refractivity (Wildman–Crippen MR) is 93.7 cm³/mol. The number of anilines is 4. The summed E-state index contributed by atoms with van der Waals surface area (Å²) in [6.45, 7) is 0.486.